The van der Waals surface area contributed by atoms with E-state index in [9.17, 15) is 13.2 Å². The minimum absolute atomic E-state index is 0.0794. The highest BCUT2D eigenvalue weighted by Crippen LogP contribution is 2.34. The van der Waals surface area contributed by atoms with E-state index in [-0.39, 0.29) is 17.4 Å². The van der Waals surface area contributed by atoms with Gasteiger partial charge in [-0.2, -0.15) is 4.31 Å². The number of likely N-dealkylation sites (N-methyl/N-ethyl adjacent to an activating group) is 1. The number of carbonyl (C=O) groups excluding carboxylic acids is 1. The molecule has 1 aliphatic rings. The first kappa shape index (κ1) is 26.2. The van der Waals surface area contributed by atoms with Crippen LogP contribution in [0.5, 0.6) is 5.75 Å². The second kappa shape index (κ2) is 12.2. The summed E-state index contributed by atoms with van der Waals surface area (Å²) in [5, 5.41) is 0. The Morgan fingerprint density at radius 2 is 1.72 bits per heavy atom. The van der Waals surface area contributed by atoms with Crippen molar-refractivity contribution in [3.63, 3.8) is 0 Å². The summed E-state index contributed by atoms with van der Waals surface area (Å²) < 4.78 is 38.3. The summed E-state index contributed by atoms with van der Waals surface area (Å²) in [6.45, 7) is 8.25. The van der Waals surface area contributed by atoms with Crippen LogP contribution < -0.4 is 4.74 Å². The number of methoxy groups -OCH3 is 1. The molecule has 178 valence electrons. The number of hydrogen-bond acceptors (Lipinski definition) is 6. The molecule has 0 unspecified atom stereocenters. The maximum atomic E-state index is 13.3. The Bertz CT molecular complexity index is 893. The lowest BCUT2D eigenvalue weighted by Crippen LogP contribution is -2.49. The highest BCUT2D eigenvalue weighted by atomic mass is 32.2. The summed E-state index contributed by atoms with van der Waals surface area (Å²) in [6.07, 6.45) is 3.46. The molecule has 0 radical (unpaired) electrons. The molecule has 8 heteroatoms. The lowest BCUT2D eigenvalue weighted by molar-refractivity contribution is -0.147. The van der Waals surface area contributed by atoms with Crippen molar-refractivity contribution < 1.29 is 22.7 Å². The number of hydrogen-bond donors (Lipinski definition) is 0. The molecule has 0 aromatic heterocycles. The topological polar surface area (TPSA) is 76.2 Å². The van der Waals surface area contributed by atoms with Crippen LogP contribution in [0.4, 0.5) is 0 Å². The predicted molar refractivity (Wildman–Crippen MR) is 125 cm³/mol. The number of carbonyl (C=O) groups is 1. The van der Waals surface area contributed by atoms with Gasteiger partial charge in [0.25, 0.3) is 0 Å². The van der Waals surface area contributed by atoms with E-state index in [1.807, 2.05) is 0 Å². The fourth-order valence-electron chi connectivity index (χ4n) is 4.50. The van der Waals surface area contributed by atoms with Crippen LogP contribution in [0.1, 0.15) is 46.5 Å². The number of rotatable bonds is 10. The molecule has 2 rings (SSSR count). The van der Waals surface area contributed by atoms with E-state index >= 15 is 0 Å². The summed E-state index contributed by atoms with van der Waals surface area (Å²) in [4.78, 5) is 15.2. The van der Waals surface area contributed by atoms with Crippen LogP contribution >= 0.6 is 0 Å². The first-order valence-corrected chi connectivity index (χ1v) is 12.7. The zero-order valence-electron chi connectivity index (χ0n) is 19.8. The molecular formula is C24H36N2O5S. The summed E-state index contributed by atoms with van der Waals surface area (Å²) in [5.74, 6) is 5.48. The average molecular weight is 465 g/mol. The average Bonchev–Trinajstić information content (AvgIpc) is 2.81. The Labute approximate surface area is 193 Å². The van der Waals surface area contributed by atoms with E-state index in [0.717, 1.165) is 38.8 Å². The molecule has 0 amide bonds. The number of sulfonamides is 1. The van der Waals surface area contributed by atoms with Gasteiger partial charge < -0.3 is 14.4 Å². The molecule has 1 saturated carbocycles. The van der Waals surface area contributed by atoms with Gasteiger partial charge in [0.15, 0.2) is 0 Å². The lowest BCUT2D eigenvalue weighted by Gasteiger charge is -2.39. The minimum Gasteiger partial charge on any atom is -0.481 e. The van der Waals surface area contributed by atoms with Crippen LogP contribution in [-0.2, 0) is 19.6 Å². The molecule has 1 atom stereocenters. The van der Waals surface area contributed by atoms with Crippen LogP contribution in [0.15, 0.2) is 29.2 Å². The third-order valence-electron chi connectivity index (χ3n) is 6.34. The third-order valence-corrected chi connectivity index (χ3v) is 8.19. The van der Waals surface area contributed by atoms with Crippen LogP contribution in [0.2, 0.25) is 0 Å². The van der Waals surface area contributed by atoms with Crippen molar-refractivity contribution >= 4 is 16.0 Å². The van der Waals surface area contributed by atoms with Gasteiger partial charge in [0.1, 0.15) is 18.4 Å². The molecule has 0 bridgehead atoms. The van der Waals surface area contributed by atoms with Gasteiger partial charge in [-0.05, 0) is 75.9 Å². The zero-order valence-corrected chi connectivity index (χ0v) is 20.7. The molecular weight excluding hydrogens is 428 g/mol. The van der Waals surface area contributed by atoms with Gasteiger partial charge in [-0.25, -0.2) is 8.42 Å². The van der Waals surface area contributed by atoms with Crippen molar-refractivity contribution in [2.24, 2.45) is 5.92 Å². The summed E-state index contributed by atoms with van der Waals surface area (Å²) in [5.41, 5.74) is 0. The van der Waals surface area contributed by atoms with Gasteiger partial charge in [0, 0.05) is 13.1 Å². The van der Waals surface area contributed by atoms with Crippen molar-refractivity contribution in [3.05, 3.63) is 24.3 Å². The normalized spacial score (nSPS) is 19.8. The monoisotopic (exact) mass is 464 g/mol. The number of nitrogens with zero attached hydrogens (tertiary/aromatic N) is 2. The molecule has 0 spiro atoms. The van der Waals surface area contributed by atoms with Crippen molar-refractivity contribution in [2.75, 3.05) is 33.9 Å². The second-order valence-electron chi connectivity index (χ2n) is 7.97. The fraction of sp³-hybridized carbons (Fsp3) is 0.625. The van der Waals surface area contributed by atoms with Gasteiger partial charge in [-0.15, -0.1) is 5.92 Å². The molecule has 0 aliphatic heterocycles. The molecule has 7 nitrogen and oxygen atoms in total. The number of benzene rings is 1. The van der Waals surface area contributed by atoms with Gasteiger partial charge in [0.2, 0.25) is 10.0 Å². The molecule has 32 heavy (non-hydrogen) atoms. The Morgan fingerprint density at radius 3 is 2.22 bits per heavy atom. The minimum atomic E-state index is -3.89. The number of ether oxygens (including phenoxy) is 2. The molecule has 0 N–H and O–H groups in total. The standard InChI is InChI=1S/C24H36N2O5S/c1-6-9-18-31-21-14-16-22(17-15-21)32(28,29)25(4)23(24(27)30-5)19-10-12-20(13-11-19)26(7-2)8-3/h14-17,19-20,23H,7-8,10-13,18H2,1-5H3/t19?,20?,23-/m1/s1. The quantitative estimate of drug-likeness (QED) is 0.391. The highest BCUT2D eigenvalue weighted by molar-refractivity contribution is 7.89. The SMILES string of the molecule is CC#CCOc1ccc(S(=O)(=O)N(C)[C@@H](C(=O)OC)C2CCC(N(CC)CC)CC2)cc1. The van der Waals surface area contributed by atoms with E-state index in [2.05, 4.69) is 30.6 Å². The summed E-state index contributed by atoms with van der Waals surface area (Å²) in [6, 6.07) is 5.81. The van der Waals surface area contributed by atoms with Gasteiger partial charge in [-0.3, -0.25) is 4.79 Å². The van der Waals surface area contributed by atoms with Crippen molar-refractivity contribution in [3.8, 4) is 17.6 Å². The Balaban J connectivity index is 2.18. The Kier molecular flexibility index (Phi) is 10.0. The van der Waals surface area contributed by atoms with E-state index in [0.29, 0.717) is 11.8 Å². The third kappa shape index (κ3) is 6.25. The van der Waals surface area contributed by atoms with Gasteiger partial charge in [-0.1, -0.05) is 19.8 Å². The summed E-state index contributed by atoms with van der Waals surface area (Å²) >= 11 is 0. The summed E-state index contributed by atoms with van der Waals surface area (Å²) in [7, 11) is -1.11. The fourth-order valence-corrected chi connectivity index (χ4v) is 5.87. The van der Waals surface area contributed by atoms with E-state index < -0.39 is 22.0 Å². The van der Waals surface area contributed by atoms with Gasteiger partial charge in [0.05, 0.1) is 12.0 Å². The van der Waals surface area contributed by atoms with Crippen LogP contribution in [0.3, 0.4) is 0 Å². The molecule has 1 aliphatic carbocycles. The van der Waals surface area contributed by atoms with Crippen molar-refractivity contribution in [1.82, 2.24) is 9.21 Å². The molecule has 1 aromatic rings. The maximum Gasteiger partial charge on any atom is 0.324 e. The van der Waals surface area contributed by atoms with Crippen LogP contribution in [-0.4, -0.2) is 69.5 Å². The lowest BCUT2D eigenvalue weighted by atomic mass is 9.81. The predicted octanol–water partition coefficient (Wildman–Crippen LogP) is 3.15. The largest absolute Gasteiger partial charge is 0.481 e. The van der Waals surface area contributed by atoms with E-state index in [4.69, 9.17) is 9.47 Å². The van der Waals surface area contributed by atoms with E-state index in [1.165, 1.54) is 30.6 Å². The maximum absolute atomic E-state index is 13.3. The number of esters is 1. The zero-order chi connectivity index (χ0) is 23.7. The Morgan fingerprint density at radius 1 is 1.12 bits per heavy atom. The first-order valence-electron chi connectivity index (χ1n) is 11.2. The molecule has 0 heterocycles. The van der Waals surface area contributed by atoms with Crippen molar-refractivity contribution in [2.45, 2.75) is 63.4 Å². The first-order chi connectivity index (χ1) is 15.3. The van der Waals surface area contributed by atoms with Crippen LogP contribution in [0, 0.1) is 17.8 Å². The molecule has 1 fully saturated rings. The van der Waals surface area contributed by atoms with Crippen LogP contribution in [0.25, 0.3) is 0 Å². The molecule has 1 aromatic carbocycles. The highest BCUT2D eigenvalue weighted by Gasteiger charge is 2.41. The van der Waals surface area contributed by atoms with Crippen molar-refractivity contribution in [1.29, 1.82) is 0 Å². The smallest absolute Gasteiger partial charge is 0.324 e. The van der Waals surface area contributed by atoms with E-state index in [1.54, 1.807) is 19.1 Å². The Hall–Kier alpha value is -2.08. The van der Waals surface area contributed by atoms with Gasteiger partial charge >= 0.3 is 5.97 Å². The second-order valence-corrected chi connectivity index (χ2v) is 9.96. The molecule has 0 saturated heterocycles.